The largest absolute Gasteiger partial charge is 0.443 e. The van der Waals surface area contributed by atoms with E-state index in [-0.39, 0.29) is 5.91 Å². The average molecular weight is 357 g/mol. The van der Waals surface area contributed by atoms with Crippen molar-refractivity contribution in [1.82, 2.24) is 9.97 Å². The number of aryl methyl sites for hydroxylation is 2. The second-order valence-corrected chi connectivity index (χ2v) is 6.54. The van der Waals surface area contributed by atoms with Crippen molar-refractivity contribution in [2.75, 3.05) is 24.8 Å². The molecule has 0 unspecified atom stereocenters. The van der Waals surface area contributed by atoms with E-state index in [0.29, 0.717) is 34.6 Å². The van der Waals surface area contributed by atoms with Crippen molar-refractivity contribution in [3.63, 3.8) is 0 Å². The van der Waals surface area contributed by atoms with Crippen LogP contribution in [0.5, 0.6) is 0 Å². The Hall–Kier alpha value is -2.38. The topological polar surface area (TPSA) is 77.2 Å². The summed E-state index contributed by atoms with van der Waals surface area (Å²) in [5.74, 6) is 1.73. The van der Waals surface area contributed by atoms with Gasteiger partial charge in [-0.2, -0.15) is 4.98 Å². The zero-order valence-corrected chi connectivity index (χ0v) is 15.1. The van der Waals surface area contributed by atoms with Crippen LogP contribution in [-0.4, -0.2) is 35.3 Å². The third-order valence-electron chi connectivity index (χ3n) is 3.79. The van der Waals surface area contributed by atoms with Crippen LogP contribution in [0.25, 0.3) is 11.1 Å². The van der Waals surface area contributed by atoms with Crippen LogP contribution < -0.4 is 5.32 Å². The Balaban J connectivity index is 1.97. The van der Waals surface area contributed by atoms with E-state index in [4.69, 9.17) is 9.15 Å². The normalized spacial score (nSPS) is 11.0. The van der Waals surface area contributed by atoms with E-state index in [0.717, 1.165) is 16.7 Å². The van der Waals surface area contributed by atoms with Crippen LogP contribution >= 0.6 is 11.8 Å². The first-order valence-corrected chi connectivity index (χ1v) is 8.84. The van der Waals surface area contributed by atoms with Gasteiger partial charge in [0.1, 0.15) is 11.6 Å². The van der Waals surface area contributed by atoms with Crippen LogP contribution in [0.3, 0.4) is 0 Å². The number of benzene rings is 1. The Morgan fingerprint density at radius 2 is 2.00 bits per heavy atom. The lowest BCUT2D eigenvalue weighted by atomic mass is 10.2. The highest BCUT2D eigenvalue weighted by Crippen LogP contribution is 2.31. The molecule has 3 aromatic rings. The molecule has 130 valence electrons. The summed E-state index contributed by atoms with van der Waals surface area (Å²) in [5, 5.41) is 4.17. The van der Waals surface area contributed by atoms with Crippen LogP contribution in [-0.2, 0) is 4.74 Å². The summed E-state index contributed by atoms with van der Waals surface area (Å²) in [6.45, 7) is 4.39. The predicted octanol–water partition coefficient (Wildman–Crippen LogP) is 3.83. The molecule has 6 nitrogen and oxygen atoms in total. The highest BCUT2D eigenvalue weighted by molar-refractivity contribution is 7.99. The maximum atomic E-state index is 12.5. The van der Waals surface area contributed by atoms with E-state index < -0.39 is 0 Å². The molecule has 0 radical (unpaired) electrons. The lowest BCUT2D eigenvalue weighted by Gasteiger charge is -2.08. The van der Waals surface area contributed by atoms with Gasteiger partial charge in [-0.3, -0.25) is 4.79 Å². The molecule has 2 aromatic heterocycles. The van der Waals surface area contributed by atoms with Crippen molar-refractivity contribution in [2.45, 2.75) is 19.0 Å². The lowest BCUT2D eigenvalue weighted by molar-refractivity contribution is 0.102. The molecule has 0 atom stereocenters. The first kappa shape index (κ1) is 17.4. The molecule has 0 bridgehead atoms. The molecule has 7 heteroatoms. The molecule has 1 amide bonds. The minimum Gasteiger partial charge on any atom is -0.443 e. The number of nitrogens with zero attached hydrogens (tertiary/aromatic N) is 2. The van der Waals surface area contributed by atoms with E-state index in [9.17, 15) is 4.79 Å². The number of carbonyl (C=O) groups is 1. The fraction of sp³-hybridized carbons (Fsp3) is 0.278. The molecular weight excluding hydrogens is 338 g/mol. The third-order valence-corrected chi connectivity index (χ3v) is 4.61. The van der Waals surface area contributed by atoms with Crippen LogP contribution in [0.1, 0.15) is 21.7 Å². The number of anilines is 1. The molecule has 1 N–H and O–H groups in total. The minimum atomic E-state index is -0.216. The molecular formula is C18H19N3O3S. The summed E-state index contributed by atoms with van der Waals surface area (Å²) in [4.78, 5) is 21.5. The van der Waals surface area contributed by atoms with E-state index in [2.05, 4.69) is 15.3 Å². The van der Waals surface area contributed by atoms with Gasteiger partial charge >= 0.3 is 0 Å². The zero-order valence-electron chi connectivity index (χ0n) is 14.3. The van der Waals surface area contributed by atoms with Crippen LogP contribution in [0.4, 0.5) is 5.82 Å². The fourth-order valence-electron chi connectivity index (χ4n) is 2.37. The van der Waals surface area contributed by atoms with Crippen molar-refractivity contribution in [1.29, 1.82) is 0 Å². The molecule has 0 aliphatic heterocycles. The summed E-state index contributed by atoms with van der Waals surface area (Å²) in [6.07, 6.45) is 0. The number of hydrogen-bond acceptors (Lipinski definition) is 6. The van der Waals surface area contributed by atoms with E-state index >= 15 is 0 Å². The average Bonchev–Trinajstić information content (AvgIpc) is 2.90. The molecule has 0 spiro atoms. The number of rotatable bonds is 6. The Bertz CT molecular complexity index is 893. The first-order valence-electron chi connectivity index (χ1n) is 7.86. The number of fused-ring (bicyclic) bond motifs is 1. The molecule has 3 rings (SSSR count). The monoisotopic (exact) mass is 357 g/mol. The number of aromatic nitrogens is 2. The van der Waals surface area contributed by atoms with Crippen LogP contribution in [0.2, 0.25) is 0 Å². The van der Waals surface area contributed by atoms with E-state index in [1.165, 1.54) is 11.8 Å². The van der Waals surface area contributed by atoms with Gasteiger partial charge in [0.25, 0.3) is 5.91 Å². The Morgan fingerprint density at radius 1 is 1.24 bits per heavy atom. The minimum absolute atomic E-state index is 0.216. The third kappa shape index (κ3) is 3.83. The molecule has 1 aromatic carbocycles. The summed E-state index contributed by atoms with van der Waals surface area (Å²) in [6, 6.07) is 9.03. The van der Waals surface area contributed by atoms with Gasteiger partial charge in [-0.05, 0) is 26.0 Å². The van der Waals surface area contributed by atoms with Gasteiger partial charge in [-0.25, -0.2) is 4.98 Å². The molecule has 2 heterocycles. The van der Waals surface area contributed by atoms with Gasteiger partial charge in [0.2, 0.25) is 5.71 Å². The molecule has 0 saturated carbocycles. The summed E-state index contributed by atoms with van der Waals surface area (Å²) in [5.41, 5.74) is 1.97. The quantitative estimate of drug-likeness (QED) is 0.410. The molecule has 0 fully saturated rings. The molecule has 0 aliphatic carbocycles. The first-order chi connectivity index (χ1) is 12.1. The van der Waals surface area contributed by atoms with Crippen molar-refractivity contribution < 1.29 is 13.9 Å². The number of methoxy groups -OCH3 is 1. The second-order valence-electron chi connectivity index (χ2n) is 5.48. The van der Waals surface area contributed by atoms with Crippen LogP contribution in [0, 0.1) is 13.8 Å². The number of carbonyl (C=O) groups excluding carboxylic acids is 1. The van der Waals surface area contributed by atoms with Crippen molar-refractivity contribution in [3.8, 4) is 0 Å². The number of ether oxygens (including phenoxy) is 1. The number of furan rings is 1. The van der Waals surface area contributed by atoms with Gasteiger partial charge in [0.15, 0.2) is 5.16 Å². The van der Waals surface area contributed by atoms with E-state index in [1.807, 2.05) is 32.0 Å². The Labute approximate surface area is 150 Å². The van der Waals surface area contributed by atoms with E-state index in [1.54, 1.807) is 19.2 Å². The van der Waals surface area contributed by atoms with Crippen LogP contribution in [0.15, 0.2) is 39.9 Å². The standard InChI is InChI=1S/C18H19N3O3S/c1-11-12(2)24-17-14(11)15(20-18(21-17)25-10-9-23-3)19-16(22)13-7-5-4-6-8-13/h4-8H,9-10H2,1-3H3,(H,19,20,21,22). The molecule has 0 aliphatic rings. The Morgan fingerprint density at radius 3 is 2.72 bits per heavy atom. The van der Waals surface area contributed by atoms with Gasteiger partial charge in [0.05, 0.1) is 12.0 Å². The molecule has 0 saturated heterocycles. The zero-order chi connectivity index (χ0) is 17.8. The van der Waals surface area contributed by atoms with Gasteiger partial charge in [-0.1, -0.05) is 30.0 Å². The number of amides is 1. The van der Waals surface area contributed by atoms with Crippen molar-refractivity contribution >= 4 is 34.6 Å². The lowest BCUT2D eigenvalue weighted by Crippen LogP contribution is -2.14. The Kier molecular flexibility index (Phi) is 5.35. The number of hydrogen-bond donors (Lipinski definition) is 1. The summed E-state index contributed by atoms with van der Waals surface area (Å²) < 4.78 is 10.8. The van der Waals surface area contributed by atoms with Crippen molar-refractivity contribution in [3.05, 3.63) is 47.2 Å². The van der Waals surface area contributed by atoms with Gasteiger partial charge < -0.3 is 14.5 Å². The van der Waals surface area contributed by atoms with Gasteiger partial charge in [-0.15, -0.1) is 0 Å². The highest BCUT2D eigenvalue weighted by atomic mass is 32.2. The molecule has 25 heavy (non-hydrogen) atoms. The maximum absolute atomic E-state index is 12.5. The van der Waals surface area contributed by atoms with Gasteiger partial charge in [0, 0.05) is 24.0 Å². The highest BCUT2D eigenvalue weighted by Gasteiger charge is 2.18. The van der Waals surface area contributed by atoms with Crippen molar-refractivity contribution in [2.24, 2.45) is 0 Å². The SMILES string of the molecule is COCCSc1nc(NC(=O)c2ccccc2)c2c(C)c(C)oc2n1. The fourth-order valence-corrected chi connectivity index (χ4v) is 3.11. The second kappa shape index (κ2) is 7.67. The summed E-state index contributed by atoms with van der Waals surface area (Å²) >= 11 is 1.45. The maximum Gasteiger partial charge on any atom is 0.256 e. The summed E-state index contributed by atoms with van der Waals surface area (Å²) in [7, 11) is 1.65. The number of thioether (sulfide) groups is 1. The number of nitrogens with one attached hydrogen (secondary N) is 1. The smallest absolute Gasteiger partial charge is 0.256 e. The predicted molar refractivity (Wildman–Crippen MR) is 98.3 cm³/mol.